The van der Waals surface area contributed by atoms with Gasteiger partial charge in [-0.2, -0.15) is 0 Å². The molecule has 1 aromatic rings. The van der Waals surface area contributed by atoms with Crippen molar-refractivity contribution in [2.45, 2.75) is 20.8 Å². The van der Waals surface area contributed by atoms with Gasteiger partial charge < -0.3 is 4.74 Å². The second-order valence-corrected chi connectivity index (χ2v) is 4.14. The minimum Gasteiger partial charge on any atom is -0.465 e. The van der Waals surface area contributed by atoms with E-state index in [1.165, 1.54) is 7.11 Å². The molecule has 1 rings (SSSR count). The maximum Gasteiger partial charge on any atom is 0.337 e. The van der Waals surface area contributed by atoms with Crippen LogP contribution in [0.1, 0.15) is 35.3 Å². The maximum atomic E-state index is 11.5. The molecule has 0 N–H and O–H groups in total. The standard InChI is InChI=1S/C17H19NO2/c1-5-14(12-18-6-2)8-10-15-11-16(17(19)20-4)9-7-13(15)3/h5,7,9,11-12H,6H2,1-4H3/b14-5-,18-12?. The first kappa shape index (κ1) is 15.7. The summed E-state index contributed by atoms with van der Waals surface area (Å²) in [6.45, 7) is 6.58. The van der Waals surface area contributed by atoms with Crippen LogP contribution in [0.3, 0.4) is 0 Å². The molecule has 0 amide bonds. The third kappa shape index (κ3) is 4.40. The molecule has 0 bridgehead atoms. The number of allylic oxidation sites excluding steroid dienone is 2. The van der Waals surface area contributed by atoms with Crippen LogP contribution in [0.25, 0.3) is 0 Å². The molecule has 0 unspecified atom stereocenters. The fourth-order valence-electron chi connectivity index (χ4n) is 1.51. The predicted octanol–water partition coefficient (Wildman–Crippen LogP) is 3.17. The van der Waals surface area contributed by atoms with Gasteiger partial charge in [0, 0.05) is 23.9 Å². The van der Waals surface area contributed by atoms with Crippen LogP contribution < -0.4 is 0 Å². The number of methoxy groups -OCH3 is 1. The maximum absolute atomic E-state index is 11.5. The minimum atomic E-state index is -0.355. The highest BCUT2D eigenvalue weighted by Crippen LogP contribution is 2.11. The molecule has 3 heteroatoms. The van der Waals surface area contributed by atoms with Crippen LogP contribution >= 0.6 is 0 Å². The smallest absolute Gasteiger partial charge is 0.337 e. The highest BCUT2D eigenvalue weighted by atomic mass is 16.5. The van der Waals surface area contributed by atoms with E-state index in [1.807, 2.05) is 32.9 Å². The van der Waals surface area contributed by atoms with E-state index in [0.717, 1.165) is 23.2 Å². The molecule has 0 radical (unpaired) electrons. The van der Waals surface area contributed by atoms with Crippen molar-refractivity contribution in [3.8, 4) is 11.8 Å². The number of hydrogen-bond donors (Lipinski definition) is 0. The van der Waals surface area contributed by atoms with Crippen LogP contribution in [0, 0.1) is 18.8 Å². The summed E-state index contributed by atoms with van der Waals surface area (Å²) in [6, 6.07) is 5.35. The van der Waals surface area contributed by atoms with Crippen molar-refractivity contribution in [1.82, 2.24) is 0 Å². The van der Waals surface area contributed by atoms with Crippen LogP contribution in [0.15, 0.2) is 34.8 Å². The molecule has 3 nitrogen and oxygen atoms in total. The number of aliphatic imine (C=N–C) groups is 1. The number of nitrogens with zero attached hydrogens (tertiary/aromatic N) is 1. The Morgan fingerprint density at radius 3 is 2.80 bits per heavy atom. The number of carbonyl (C=O) groups is 1. The SMILES string of the molecule is C/C=C(/C#Cc1cc(C(=O)OC)ccc1C)C=NCC. The van der Waals surface area contributed by atoms with Gasteiger partial charge in [0.15, 0.2) is 0 Å². The van der Waals surface area contributed by atoms with Gasteiger partial charge >= 0.3 is 5.97 Å². The molecule has 0 aliphatic rings. The predicted molar refractivity (Wildman–Crippen MR) is 82.2 cm³/mol. The van der Waals surface area contributed by atoms with Gasteiger partial charge in [-0.15, -0.1) is 0 Å². The van der Waals surface area contributed by atoms with E-state index in [0.29, 0.717) is 5.56 Å². The lowest BCUT2D eigenvalue weighted by atomic mass is 10.0. The molecule has 1 aromatic carbocycles. The zero-order chi connectivity index (χ0) is 15.0. The lowest BCUT2D eigenvalue weighted by Gasteiger charge is -2.02. The number of esters is 1. The summed E-state index contributed by atoms with van der Waals surface area (Å²) >= 11 is 0. The van der Waals surface area contributed by atoms with E-state index < -0.39 is 0 Å². The molecule has 0 aliphatic carbocycles. The molecule has 0 fully saturated rings. The molecule has 0 atom stereocenters. The number of ether oxygens (including phenoxy) is 1. The Labute approximate surface area is 120 Å². The van der Waals surface area contributed by atoms with Crippen LogP contribution in [0.5, 0.6) is 0 Å². The number of aryl methyl sites for hydroxylation is 1. The van der Waals surface area contributed by atoms with Crippen molar-refractivity contribution in [3.05, 3.63) is 46.5 Å². The van der Waals surface area contributed by atoms with Crippen LogP contribution in [0.4, 0.5) is 0 Å². The third-order valence-corrected chi connectivity index (χ3v) is 2.72. The first-order chi connectivity index (χ1) is 9.62. The molecule has 0 aliphatic heterocycles. The number of carbonyl (C=O) groups excluding carboxylic acids is 1. The Balaban J connectivity index is 3.09. The molecule has 0 saturated heterocycles. The monoisotopic (exact) mass is 269 g/mol. The topological polar surface area (TPSA) is 38.7 Å². The zero-order valence-corrected chi connectivity index (χ0v) is 12.4. The molecular weight excluding hydrogens is 250 g/mol. The van der Waals surface area contributed by atoms with Crippen molar-refractivity contribution in [2.75, 3.05) is 13.7 Å². The van der Waals surface area contributed by atoms with E-state index in [1.54, 1.807) is 18.3 Å². The third-order valence-electron chi connectivity index (χ3n) is 2.72. The normalized spacial score (nSPS) is 11.1. The van der Waals surface area contributed by atoms with Crippen molar-refractivity contribution >= 4 is 12.2 Å². The van der Waals surface area contributed by atoms with Crippen LogP contribution in [-0.4, -0.2) is 25.8 Å². The Morgan fingerprint density at radius 1 is 1.45 bits per heavy atom. The molecule has 20 heavy (non-hydrogen) atoms. The van der Waals surface area contributed by atoms with Gasteiger partial charge in [0.2, 0.25) is 0 Å². The number of rotatable bonds is 3. The van der Waals surface area contributed by atoms with E-state index >= 15 is 0 Å². The molecule has 0 saturated carbocycles. The largest absolute Gasteiger partial charge is 0.465 e. The molecule has 0 spiro atoms. The van der Waals surface area contributed by atoms with E-state index in [2.05, 4.69) is 16.8 Å². The molecular formula is C17H19NO2. The minimum absolute atomic E-state index is 0.355. The van der Waals surface area contributed by atoms with Gasteiger partial charge in [0.25, 0.3) is 0 Å². The molecule has 104 valence electrons. The quantitative estimate of drug-likeness (QED) is 0.480. The molecule has 0 heterocycles. The highest BCUT2D eigenvalue weighted by molar-refractivity contribution is 5.90. The van der Waals surface area contributed by atoms with Gasteiger partial charge in [-0.1, -0.05) is 24.0 Å². The van der Waals surface area contributed by atoms with E-state index in [-0.39, 0.29) is 5.97 Å². The first-order valence-corrected chi connectivity index (χ1v) is 6.49. The summed E-state index contributed by atoms with van der Waals surface area (Å²) in [5.41, 5.74) is 3.20. The lowest BCUT2D eigenvalue weighted by Crippen LogP contribution is -2.01. The van der Waals surface area contributed by atoms with Gasteiger partial charge in [-0.05, 0) is 38.5 Å². The van der Waals surface area contributed by atoms with Gasteiger partial charge in [-0.3, -0.25) is 4.99 Å². The van der Waals surface area contributed by atoms with Crippen molar-refractivity contribution in [1.29, 1.82) is 0 Å². The van der Waals surface area contributed by atoms with Crippen molar-refractivity contribution in [2.24, 2.45) is 4.99 Å². The van der Waals surface area contributed by atoms with Crippen molar-refractivity contribution in [3.63, 3.8) is 0 Å². The Kier molecular flexibility index (Phi) is 6.25. The Morgan fingerprint density at radius 2 is 2.20 bits per heavy atom. The first-order valence-electron chi connectivity index (χ1n) is 6.49. The fourth-order valence-corrected chi connectivity index (χ4v) is 1.51. The Bertz CT molecular complexity index is 601. The van der Waals surface area contributed by atoms with Crippen molar-refractivity contribution < 1.29 is 9.53 Å². The van der Waals surface area contributed by atoms with Crippen LogP contribution in [0.2, 0.25) is 0 Å². The summed E-state index contributed by atoms with van der Waals surface area (Å²) in [5.74, 6) is 5.78. The Hall–Kier alpha value is -2.34. The summed E-state index contributed by atoms with van der Waals surface area (Å²) in [5, 5.41) is 0. The highest BCUT2D eigenvalue weighted by Gasteiger charge is 2.06. The van der Waals surface area contributed by atoms with Gasteiger partial charge in [0.05, 0.1) is 12.7 Å². The fraction of sp³-hybridized carbons (Fsp3) is 0.294. The average Bonchev–Trinajstić information content (AvgIpc) is 2.48. The van der Waals surface area contributed by atoms with E-state index in [9.17, 15) is 4.79 Å². The van der Waals surface area contributed by atoms with Gasteiger partial charge in [0.1, 0.15) is 0 Å². The lowest BCUT2D eigenvalue weighted by molar-refractivity contribution is 0.0600. The number of hydrogen-bond acceptors (Lipinski definition) is 3. The van der Waals surface area contributed by atoms with Crippen LogP contribution in [-0.2, 0) is 4.74 Å². The summed E-state index contributed by atoms with van der Waals surface area (Å²) in [4.78, 5) is 15.7. The number of benzene rings is 1. The van der Waals surface area contributed by atoms with E-state index in [4.69, 9.17) is 4.74 Å². The molecule has 0 aromatic heterocycles. The summed E-state index contributed by atoms with van der Waals surface area (Å²) < 4.78 is 4.71. The summed E-state index contributed by atoms with van der Waals surface area (Å²) in [7, 11) is 1.37. The van der Waals surface area contributed by atoms with Gasteiger partial charge in [-0.25, -0.2) is 4.79 Å². The zero-order valence-electron chi connectivity index (χ0n) is 12.4. The second kappa shape index (κ2) is 7.96. The average molecular weight is 269 g/mol. The summed E-state index contributed by atoms with van der Waals surface area (Å²) in [6.07, 6.45) is 3.66. The second-order valence-electron chi connectivity index (χ2n) is 4.14.